The number of aryl methyl sites for hydroxylation is 2. The highest BCUT2D eigenvalue weighted by Gasteiger charge is 2.38. The molecule has 1 atom stereocenters. The highest BCUT2D eigenvalue weighted by molar-refractivity contribution is 9.10. The Morgan fingerprint density at radius 1 is 1.00 bits per heavy atom. The Morgan fingerprint density at radius 3 is 2.47 bits per heavy atom. The third kappa shape index (κ3) is 5.36. The van der Waals surface area contributed by atoms with Gasteiger partial charge in [-0.1, -0.05) is 39.7 Å². The highest BCUT2D eigenvalue weighted by Crippen LogP contribution is 2.29. The van der Waals surface area contributed by atoms with Crippen molar-refractivity contribution in [2.24, 2.45) is 5.92 Å². The average Bonchev–Trinajstić information content (AvgIpc) is 3.26. The maximum Gasteiger partial charge on any atom is 0.229 e. The topological polar surface area (TPSA) is 81.7 Å². The summed E-state index contributed by atoms with van der Waals surface area (Å²) in [4.78, 5) is 40.9. The molecule has 2 saturated heterocycles. The first kappa shape index (κ1) is 24.2. The smallest absolute Gasteiger partial charge is 0.229 e. The molecule has 5 rings (SSSR count). The van der Waals surface area contributed by atoms with Gasteiger partial charge in [0.1, 0.15) is 5.82 Å². The van der Waals surface area contributed by atoms with Crippen molar-refractivity contribution < 1.29 is 9.59 Å². The van der Waals surface area contributed by atoms with E-state index >= 15 is 0 Å². The molecule has 0 aliphatic carbocycles. The number of amides is 2. The molecule has 3 aromatic rings. The van der Waals surface area contributed by atoms with Gasteiger partial charge in [-0.3, -0.25) is 9.59 Å². The molecule has 36 heavy (non-hydrogen) atoms. The predicted octanol–water partition coefficient (Wildman–Crippen LogP) is 4.30. The van der Waals surface area contributed by atoms with Crippen molar-refractivity contribution in [3.05, 3.63) is 70.3 Å². The van der Waals surface area contributed by atoms with Crippen molar-refractivity contribution in [1.29, 1.82) is 0 Å². The molecule has 2 aliphatic rings. The number of halogens is 1. The zero-order valence-corrected chi connectivity index (χ0v) is 22.0. The molecule has 3 heterocycles. The molecule has 2 amide bonds. The van der Waals surface area contributed by atoms with Crippen LogP contribution in [0.1, 0.15) is 17.7 Å². The lowest BCUT2D eigenvalue weighted by Gasteiger charge is -2.36. The van der Waals surface area contributed by atoms with Gasteiger partial charge in [0, 0.05) is 66.8 Å². The monoisotopic (exact) mass is 548 g/mol. The number of piperazine rings is 1. The standard InChI is InChI=1S/C27H29BrN6O2/c1-18-6-8-22(9-7-18)30-27-29-19(2)14-24(31-27)32-10-12-33(13-11-32)26(36)20-15-25(35)34(17-20)23-5-3-4-21(28)16-23/h3-9,14,16,20H,10-13,15,17H2,1-2H3,(H,29,30,31). The predicted molar refractivity (Wildman–Crippen MR) is 145 cm³/mol. The van der Waals surface area contributed by atoms with Crippen LogP contribution in [0.3, 0.4) is 0 Å². The minimum atomic E-state index is -0.311. The first-order valence-electron chi connectivity index (χ1n) is 12.1. The number of anilines is 4. The van der Waals surface area contributed by atoms with Crippen LogP contribution in [-0.4, -0.2) is 59.4 Å². The third-order valence-corrected chi connectivity index (χ3v) is 7.15. The van der Waals surface area contributed by atoms with E-state index in [4.69, 9.17) is 4.98 Å². The lowest BCUT2D eigenvalue weighted by atomic mass is 10.1. The molecule has 0 spiro atoms. The van der Waals surface area contributed by atoms with E-state index < -0.39 is 0 Å². The molecule has 0 bridgehead atoms. The van der Waals surface area contributed by atoms with Crippen LogP contribution < -0.4 is 15.1 Å². The van der Waals surface area contributed by atoms with Crippen LogP contribution >= 0.6 is 15.9 Å². The van der Waals surface area contributed by atoms with Crippen LogP contribution in [0.15, 0.2) is 59.1 Å². The Bertz CT molecular complexity index is 1270. The van der Waals surface area contributed by atoms with E-state index in [9.17, 15) is 9.59 Å². The van der Waals surface area contributed by atoms with Crippen LogP contribution in [0, 0.1) is 19.8 Å². The second-order valence-electron chi connectivity index (χ2n) is 9.38. The van der Waals surface area contributed by atoms with Crippen molar-refractivity contribution >= 4 is 50.9 Å². The number of nitrogens with zero attached hydrogens (tertiary/aromatic N) is 5. The number of carbonyl (C=O) groups excluding carboxylic acids is 2. The number of benzene rings is 2. The van der Waals surface area contributed by atoms with Crippen molar-refractivity contribution in [3.63, 3.8) is 0 Å². The number of hydrogen-bond acceptors (Lipinski definition) is 6. The van der Waals surface area contributed by atoms with Gasteiger partial charge in [-0.15, -0.1) is 0 Å². The Hall–Kier alpha value is -3.46. The summed E-state index contributed by atoms with van der Waals surface area (Å²) in [5.74, 6) is 1.15. The molecule has 2 aliphatic heterocycles. The van der Waals surface area contributed by atoms with Crippen molar-refractivity contribution in [3.8, 4) is 0 Å². The maximum absolute atomic E-state index is 13.3. The Kier molecular flexibility index (Phi) is 6.91. The summed E-state index contributed by atoms with van der Waals surface area (Å²) in [7, 11) is 0. The lowest BCUT2D eigenvalue weighted by Crippen LogP contribution is -2.51. The number of carbonyl (C=O) groups is 2. The van der Waals surface area contributed by atoms with Gasteiger partial charge in [-0.05, 0) is 44.2 Å². The number of aromatic nitrogens is 2. The van der Waals surface area contributed by atoms with Gasteiger partial charge >= 0.3 is 0 Å². The summed E-state index contributed by atoms with van der Waals surface area (Å²) in [6.45, 7) is 7.00. The summed E-state index contributed by atoms with van der Waals surface area (Å²) < 4.78 is 0.913. The number of hydrogen-bond donors (Lipinski definition) is 1. The fourth-order valence-electron chi connectivity index (χ4n) is 4.72. The summed E-state index contributed by atoms with van der Waals surface area (Å²) in [5.41, 5.74) is 3.84. The SMILES string of the molecule is Cc1ccc(Nc2nc(C)cc(N3CCN(C(=O)C4CC(=O)N(c5cccc(Br)c5)C4)CC3)n2)cc1. The number of nitrogens with one attached hydrogen (secondary N) is 1. The fraction of sp³-hybridized carbons (Fsp3) is 0.333. The zero-order chi connectivity index (χ0) is 25.2. The first-order chi connectivity index (χ1) is 17.4. The van der Waals surface area contributed by atoms with Gasteiger partial charge < -0.3 is 20.0 Å². The summed E-state index contributed by atoms with van der Waals surface area (Å²) >= 11 is 3.46. The summed E-state index contributed by atoms with van der Waals surface area (Å²) in [6, 6.07) is 17.7. The molecule has 1 N–H and O–H groups in total. The van der Waals surface area contributed by atoms with E-state index in [0.29, 0.717) is 38.7 Å². The zero-order valence-electron chi connectivity index (χ0n) is 20.4. The average molecular weight is 549 g/mol. The molecule has 2 aromatic carbocycles. The summed E-state index contributed by atoms with van der Waals surface area (Å²) in [6.07, 6.45) is 0.255. The second-order valence-corrected chi connectivity index (χ2v) is 10.3. The molecular weight excluding hydrogens is 520 g/mol. The molecule has 9 heteroatoms. The second kappa shape index (κ2) is 10.3. The Labute approximate surface area is 219 Å². The van der Waals surface area contributed by atoms with Crippen molar-refractivity contribution in [1.82, 2.24) is 14.9 Å². The molecule has 8 nitrogen and oxygen atoms in total. The van der Waals surface area contributed by atoms with E-state index in [1.807, 2.05) is 66.4 Å². The summed E-state index contributed by atoms with van der Waals surface area (Å²) in [5, 5.41) is 3.29. The fourth-order valence-corrected chi connectivity index (χ4v) is 5.10. The maximum atomic E-state index is 13.3. The minimum Gasteiger partial charge on any atom is -0.353 e. The van der Waals surface area contributed by atoms with Gasteiger partial charge in [0.15, 0.2) is 0 Å². The van der Waals surface area contributed by atoms with E-state index in [-0.39, 0.29) is 24.2 Å². The van der Waals surface area contributed by atoms with E-state index in [0.717, 1.165) is 27.4 Å². The van der Waals surface area contributed by atoms with Gasteiger partial charge in [-0.2, -0.15) is 4.98 Å². The molecule has 186 valence electrons. The molecule has 2 fully saturated rings. The van der Waals surface area contributed by atoms with Crippen LogP contribution in [0.2, 0.25) is 0 Å². The van der Waals surface area contributed by atoms with Gasteiger partial charge in [-0.25, -0.2) is 4.98 Å². The number of rotatable bonds is 5. The van der Waals surface area contributed by atoms with Crippen molar-refractivity contribution in [2.45, 2.75) is 20.3 Å². The van der Waals surface area contributed by atoms with Gasteiger partial charge in [0.25, 0.3) is 0 Å². The Balaban J connectivity index is 1.20. The molecule has 0 saturated carbocycles. The van der Waals surface area contributed by atoms with Crippen LogP contribution in [0.4, 0.5) is 23.1 Å². The van der Waals surface area contributed by atoms with Crippen molar-refractivity contribution in [2.75, 3.05) is 47.8 Å². The highest BCUT2D eigenvalue weighted by atomic mass is 79.9. The van der Waals surface area contributed by atoms with Crippen LogP contribution in [0.5, 0.6) is 0 Å². The molecule has 1 unspecified atom stereocenters. The third-order valence-electron chi connectivity index (χ3n) is 6.66. The Morgan fingerprint density at radius 2 is 1.75 bits per heavy atom. The molecule has 1 aromatic heterocycles. The van der Waals surface area contributed by atoms with E-state index in [2.05, 4.69) is 38.1 Å². The van der Waals surface area contributed by atoms with Crippen LogP contribution in [-0.2, 0) is 9.59 Å². The minimum absolute atomic E-state index is 0.00449. The van der Waals surface area contributed by atoms with Gasteiger partial charge in [0.2, 0.25) is 17.8 Å². The molecule has 0 radical (unpaired) electrons. The largest absolute Gasteiger partial charge is 0.353 e. The normalized spacial score (nSPS) is 18.0. The molecular formula is C27H29BrN6O2. The quantitative estimate of drug-likeness (QED) is 0.511. The van der Waals surface area contributed by atoms with E-state index in [1.165, 1.54) is 5.56 Å². The van der Waals surface area contributed by atoms with E-state index in [1.54, 1.807) is 4.90 Å². The van der Waals surface area contributed by atoms with Crippen LogP contribution in [0.25, 0.3) is 0 Å². The first-order valence-corrected chi connectivity index (χ1v) is 12.9. The van der Waals surface area contributed by atoms with Gasteiger partial charge in [0.05, 0.1) is 5.92 Å². The lowest BCUT2D eigenvalue weighted by molar-refractivity contribution is -0.136.